The number of likely N-dealkylation sites (tertiary alicyclic amines) is 1. The van der Waals surface area contributed by atoms with E-state index < -0.39 is 12.1 Å². The van der Waals surface area contributed by atoms with Gasteiger partial charge in [0.15, 0.2) is 0 Å². The average Bonchev–Trinajstić information content (AvgIpc) is 2.42. The molecular formula is C15H27N3O4. The Balaban J connectivity index is 1.75. The topological polar surface area (TPSA) is 84.3 Å². The molecule has 0 unspecified atom stereocenters. The molecule has 0 aromatic carbocycles. The van der Waals surface area contributed by atoms with Gasteiger partial charge in [0.25, 0.3) is 0 Å². The largest absolute Gasteiger partial charge is 0.465 e. The van der Waals surface area contributed by atoms with E-state index in [0.717, 1.165) is 25.9 Å². The van der Waals surface area contributed by atoms with Crippen molar-refractivity contribution in [3.8, 4) is 0 Å². The molecule has 0 spiro atoms. The number of aliphatic hydroxyl groups is 1. The van der Waals surface area contributed by atoms with Crippen molar-refractivity contribution < 1.29 is 19.8 Å². The molecule has 7 heteroatoms. The van der Waals surface area contributed by atoms with Crippen LogP contribution in [0.2, 0.25) is 0 Å². The Kier molecular flexibility index (Phi) is 5.63. The molecule has 0 aromatic rings. The van der Waals surface area contributed by atoms with E-state index in [2.05, 4.69) is 11.8 Å². The second-order valence-corrected chi connectivity index (χ2v) is 6.59. The molecule has 2 aliphatic heterocycles. The number of rotatable bonds is 4. The number of amides is 2. The minimum absolute atomic E-state index is 0.110. The molecule has 22 heavy (non-hydrogen) atoms. The van der Waals surface area contributed by atoms with Gasteiger partial charge in [-0.05, 0) is 32.2 Å². The summed E-state index contributed by atoms with van der Waals surface area (Å²) in [5, 5.41) is 18.8. The summed E-state index contributed by atoms with van der Waals surface area (Å²) in [5.74, 6) is 0.394. The second kappa shape index (κ2) is 7.28. The van der Waals surface area contributed by atoms with Crippen molar-refractivity contribution in [1.29, 1.82) is 0 Å². The highest BCUT2D eigenvalue weighted by Crippen LogP contribution is 2.17. The minimum Gasteiger partial charge on any atom is -0.465 e. The molecule has 0 aromatic heterocycles. The van der Waals surface area contributed by atoms with Crippen molar-refractivity contribution in [2.45, 2.75) is 38.8 Å². The van der Waals surface area contributed by atoms with Crippen LogP contribution in [0.1, 0.15) is 26.7 Å². The maximum Gasteiger partial charge on any atom is 0.408 e. The number of carbonyl (C=O) groups excluding carboxylic acids is 1. The molecule has 2 N–H and O–H groups in total. The zero-order valence-electron chi connectivity index (χ0n) is 13.4. The van der Waals surface area contributed by atoms with Crippen LogP contribution in [0.15, 0.2) is 0 Å². The van der Waals surface area contributed by atoms with E-state index in [4.69, 9.17) is 5.11 Å². The fraction of sp³-hybridized carbons (Fsp3) is 0.867. The lowest BCUT2D eigenvalue weighted by Crippen LogP contribution is -2.57. The standard InChI is InChI=1S/C15H27N3O4/c1-11-8-13(19)10-16(9-11)4-3-5-17-6-7-18(15(21)22)12(2)14(17)20/h11-13,19H,3-10H2,1-2H3,(H,21,22)/t11-,12-,13-/m0/s1. The summed E-state index contributed by atoms with van der Waals surface area (Å²) in [6, 6.07) is -0.594. The van der Waals surface area contributed by atoms with Gasteiger partial charge in [-0.25, -0.2) is 4.79 Å². The normalized spacial score (nSPS) is 30.7. The summed E-state index contributed by atoms with van der Waals surface area (Å²) in [6.07, 6.45) is 0.440. The third-order valence-corrected chi connectivity index (χ3v) is 4.61. The van der Waals surface area contributed by atoms with Gasteiger partial charge in [0, 0.05) is 32.7 Å². The van der Waals surface area contributed by atoms with Crippen molar-refractivity contribution in [1.82, 2.24) is 14.7 Å². The number of piperidine rings is 1. The van der Waals surface area contributed by atoms with E-state index in [9.17, 15) is 14.7 Å². The Bertz CT molecular complexity index is 408. The fourth-order valence-corrected chi connectivity index (χ4v) is 3.51. The number of hydrogen-bond donors (Lipinski definition) is 2. The molecule has 0 aliphatic carbocycles. The number of aliphatic hydroxyl groups excluding tert-OH is 1. The number of carboxylic acid groups (broad SMARTS) is 1. The van der Waals surface area contributed by atoms with Gasteiger partial charge in [0.1, 0.15) is 6.04 Å². The average molecular weight is 313 g/mol. The number of nitrogens with zero attached hydrogens (tertiary/aromatic N) is 3. The van der Waals surface area contributed by atoms with Gasteiger partial charge in [-0.2, -0.15) is 0 Å². The molecule has 0 radical (unpaired) electrons. The van der Waals surface area contributed by atoms with Crippen molar-refractivity contribution in [3.05, 3.63) is 0 Å². The van der Waals surface area contributed by atoms with Crippen LogP contribution >= 0.6 is 0 Å². The first-order chi connectivity index (χ1) is 10.4. The van der Waals surface area contributed by atoms with Gasteiger partial charge < -0.3 is 20.0 Å². The zero-order chi connectivity index (χ0) is 16.3. The van der Waals surface area contributed by atoms with Crippen LogP contribution in [0, 0.1) is 5.92 Å². The number of β-amino-alcohol motifs (C(OH)–C–C–N with tert-alkyl or cyclic N) is 1. The number of hydrogen-bond acceptors (Lipinski definition) is 4. The quantitative estimate of drug-likeness (QED) is 0.779. The highest BCUT2D eigenvalue weighted by atomic mass is 16.4. The lowest BCUT2D eigenvalue weighted by Gasteiger charge is -2.38. The van der Waals surface area contributed by atoms with Gasteiger partial charge in [-0.3, -0.25) is 9.69 Å². The smallest absolute Gasteiger partial charge is 0.408 e. The first-order valence-corrected chi connectivity index (χ1v) is 8.07. The molecule has 2 heterocycles. The molecule has 2 aliphatic rings. The van der Waals surface area contributed by atoms with Crippen LogP contribution in [-0.4, -0.2) is 88.3 Å². The van der Waals surface area contributed by atoms with E-state index >= 15 is 0 Å². The minimum atomic E-state index is -1.03. The molecule has 2 rings (SSSR count). The third-order valence-electron chi connectivity index (χ3n) is 4.61. The van der Waals surface area contributed by atoms with Crippen LogP contribution in [0.25, 0.3) is 0 Å². The molecule has 3 atom stereocenters. The number of carbonyl (C=O) groups is 2. The number of piperazine rings is 1. The molecule has 2 amide bonds. The van der Waals surface area contributed by atoms with Crippen LogP contribution < -0.4 is 0 Å². The molecule has 7 nitrogen and oxygen atoms in total. The lowest BCUT2D eigenvalue weighted by molar-refractivity contribution is -0.140. The molecule has 0 saturated carbocycles. The monoisotopic (exact) mass is 313 g/mol. The van der Waals surface area contributed by atoms with Crippen LogP contribution in [0.5, 0.6) is 0 Å². The van der Waals surface area contributed by atoms with E-state index in [1.807, 2.05) is 0 Å². The molecular weight excluding hydrogens is 286 g/mol. The zero-order valence-corrected chi connectivity index (χ0v) is 13.4. The lowest BCUT2D eigenvalue weighted by atomic mass is 9.98. The maximum absolute atomic E-state index is 12.2. The summed E-state index contributed by atoms with van der Waals surface area (Å²) < 4.78 is 0. The highest BCUT2D eigenvalue weighted by Gasteiger charge is 2.34. The van der Waals surface area contributed by atoms with Gasteiger partial charge in [-0.1, -0.05) is 6.92 Å². The highest BCUT2D eigenvalue weighted by molar-refractivity contribution is 5.86. The Morgan fingerprint density at radius 2 is 1.95 bits per heavy atom. The summed E-state index contributed by atoms with van der Waals surface area (Å²) >= 11 is 0. The van der Waals surface area contributed by atoms with Crippen molar-refractivity contribution >= 4 is 12.0 Å². The fourth-order valence-electron chi connectivity index (χ4n) is 3.51. The van der Waals surface area contributed by atoms with Crippen molar-refractivity contribution in [2.24, 2.45) is 5.92 Å². The van der Waals surface area contributed by atoms with E-state index in [1.54, 1.807) is 11.8 Å². The van der Waals surface area contributed by atoms with E-state index in [0.29, 0.717) is 32.1 Å². The molecule has 126 valence electrons. The van der Waals surface area contributed by atoms with Gasteiger partial charge in [0.05, 0.1) is 6.10 Å². The first kappa shape index (κ1) is 17.0. The Labute approximate surface area is 131 Å². The Morgan fingerprint density at radius 3 is 2.59 bits per heavy atom. The van der Waals surface area contributed by atoms with Crippen LogP contribution in [0.3, 0.4) is 0 Å². The summed E-state index contributed by atoms with van der Waals surface area (Å²) in [7, 11) is 0. The van der Waals surface area contributed by atoms with E-state index in [1.165, 1.54) is 4.90 Å². The van der Waals surface area contributed by atoms with Crippen molar-refractivity contribution in [3.63, 3.8) is 0 Å². The van der Waals surface area contributed by atoms with Crippen LogP contribution in [0.4, 0.5) is 4.79 Å². The molecule has 2 fully saturated rings. The summed E-state index contributed by atoms with van der Waals surface area (Å²) in [4.78, 5) is 28.4. The first-order valence-electron chi connectivity index (χ1n) is 8.07. The van der Waals surface area contributed by atoms with Crippen molar-refractivity contribution in [2.75, 3.05) is 39.3 Å². The van der Waals surface area contributed by atoms with Gasteiger partial charge in [-0.15, -0.1) is 0 Å². The van der Waals surface area contributed by atoms with Gasteiger partial charge in [0.2, 0.25) is 5.91 Å². The second-order valence-electron chi connectivity index (χ2n) is 6.59. The molecule has 2 saturated heterocycles. The van der Waals surface area contributed by atoms with Gasteiger partial charge >= 0.3 is 6.09 Å². The van der Waals surface area contributed by atoms with Crippen LogP contribution in [-0.2, 0) is 4.79 Å². The SMILES string of the molecule is C[C@H]1C[C@H](O)CN(CCCN2CCN(C(=O)O)[C@@H](C)C2=O)C1. The third kappa shape index (κ3) is 4.10. The Morgan fingerprint density at radius 1 is 1.23 bits per heavy atom. The molecule has 0 bridgehead atoms. The Hall–Kier alpha value is -1.34. The predicted molar refractivity (Wildman–Crippen MR) is 81.6 cm³/mol. The predicted octanol–water partition coefficient (Wildman–Crippen LogP) is 0.290. The summed E-state index contributed by atoms with van der Waals surface area (Å²) in [5.41, 5.74) is 0. The maximum atomic E-state index is 12.2. The summed E-state index contributed by atoms with van der Waals surface area (Å²) in [6.45, 7) is 7.85. The van der Waals surface area contributed by atoms with E-state index in [-0.39, 0.29) is 12.0 Å².